The summed E-state index contributed by atoms with van der Waals surface area (Å²) in [5, 5.41) is 12.1. The second kappa shape index (κ2) is 6.56. The molecule has 0 bridgehead atoms. The van der Waals surface area contributed by atoms with E-state index in [1.54, 1.807) is 12.1 Å². The molecule has 0 aliphatic carbocycles. The minimum Gasteiger partial charge on any atom is -0.301 e. The molecule has 4 nitrogen and oxygen atoms in total. The van der Waals surface area contributed by atoms with Gasteiger partial charge in [0, 0.05) is 12.3 Å². The van der Waals surface area contributed by atoms with Gasteiger partial charge in [-0.25, -0.2) is 4.39 Å². The number of aryl methyl sites for hydroxylation is 1. The Morgan fingerprint density at radius 2 is 2.00 bits per heavy atom. The summed E-state index contributed by atoms with van der Waals surface area (Å²) in [7, 11) is 0. The van der Waals surface area contributed by atoms with Gasteiger partial charge in [0.25, 0.3) is 0 Å². The molecule has 2 aromatic rings. The molecule has 1 heterocycles. The molecule has 0 fully saturated rings. The summed E-state index contributed by atoms with van der Waals surface area (Å²) in [5.74, 6) is -0.0774. The summed E-state index contributed by atoms with van der Waals surface area (Å²) in [4.78, 5) is 11.8. The van der Waals surface area contributed by atoms with Gasteiger partial charge in [0.1, 0.15) is 10.8 Å². The number of halogens is 1. The van der Waals surface area contributed by atoms with Crippen LogP contribution < -0.4 is 5.32 Å². The Morgan fingerprint density at radius 1 is 1.30 bits per heavy atom. The van der Waals surface area contributed by atoms with E-state index in [1.165, 1.54) is 23.5 Å². The molecule has 2 rings (SSSR count). The lowest BCUT2D eigenvalue weighted by Crippen LogP contribution is -2.12. The number of anilines is 1. The van der Waals surface area contributed by atoms with E-state index in [1.807, 2.05) is 13.8 Å². The second-order valence-electron chi connectivity index (χ2n) is 4.77. The summed E-state index contributed by atoms with van der Waals surface area (Å²) in [6.07, 6.45) is 0.907. The first-order valence-electron chi connectivity index (χ1n) is 6.42. The zero-order valence-corrected chi connectivity index (χ0v) is 12.2. The Morgan fingerprint density at radius 3 is 2.60 bits per heavy atom. The van der Waals surface area contributed by atoms with Crippen LogP contribution in [-0.4, -0.2) is 16.1 Å². The molecule has 1 aromatic heterocycles. The van der Waals surface area contributed by atoms with E-state index in [-0.39, 0.29) is 11.7 Å². The zero-order valence-electron chi connectivity index (χ0n) is 11.4. The maximum absolute atomic E-state index is 12.7. The number of hydrogen-bond acceptors (Lipinski definition) is 4. The molecule has 0 saturated heterocycles. The number of benzene rings is 1. The Kier molecular flexibility index (Phi) is 4.79. The van der Waals surface area contributed by atoms with Crippen molar-refractivity contribution in [3.05, 3.63) is 40.7 Å². The summed E-state index contributed by atoms with van der Waals surface area (Å²) < 4.78 is 12.7. The van der Waals surface area contributed by atoms with Crippen molar-refractivity contribution in [2.45, 2.75) is 32.6 Å². The van der Waals surface area contributed by atoms with Crippen LogP contribution in [-0.2, 0) is 11.2 Å². The predicted octanol–water partition coefficient (Wildman–Crippen LogP) is 3.37. The van der Waals surface area contributed by atoms with E-state index in [9.17, 15) is 9.18 Å². The van der Waals surface area contributed by atoms with Gasteiger partial charge in [-0.15, -0.1) is 10.2 Å². The number of carbonyl (C=O) groups is 1. The third kappa shape index (κ3) is 4.09. The van der Waals surface area contributed by atoms with Gasteiger partial charge < -0.3 is 5.32 Å². The summed E-state index contributed by atoms with van der Waals surface area (Å²) in [5.41, 5.74) is 0.932. The Balaban J connectivity index is 1.84. The smallest absolute Gasteiger partial charge is 0.226 e. The van der Waals surface area contributed by atoms with Crippen molar-refractivity contribution in [2.75, 3.05) is 5.32 Å². The average molecular weight is 293 g/mol. The molecule has 0 spiro atoms. The van der Waals surface area contributed by atoms with E-state index in [0.29, 0.717) is 23.9 Å². The van der Waals surface area contributed by atoms with Crippen LogP contribution in [0.3, 0.4) is 0 Å². The monoisotopic (exact) mass is 293 g/mol. The Labute approximate surface area is 121 Å². The first kappa shape index (κ1) is 14.6. The van der Waals surface area contributed by atoms with Crippen LogP contribution in [0.4, 0.5) is 9.52 Å². The van der Waals surface area contributed by atoms with Gasteiger partial charge >= 0.3 is 0 Å². The molecule has 0 unspecified atom stereocenters. The molecule has 106 valence electrons. The van der Waals surface area contributed by atoms with E-state index in [2.05, 4.69) is 15.5 Å². The van der Waals surface area contributed by atoms with Gasteiger partial charge in [-0.1, -0.05) is 37.3 Å². The highest BCUT2D eigenvalue weighted by Crippen LogP contribution is 2.22. The third-order valence-electron chi connectivity index (χ3n) is 2.73. The summed E-state index contributed by atoms with van der Waals surface area (Å²) in [6, 6.07) is 6.16. The highest BCUT2D eigenvalue weighted by atomic mass is 32.1. The lowest BCUT2D eigenvalue weighted by molar-refractivity contribution is -0.116. The van der Waals surface area contributed by atoms with Crippen LogP contribution >= 0.6 is 11.3 Å². The summed E-state index contributed by atoms with van der Waals surface area (Å²) >= 11 is 1.39. The van der Waals surface area contributed by atoms with Crippen LogP contribution in [0, 0.1) is 5.82 Å². The highest BCUT2D eigenvalue weighted by molar-refractivity contribution is 7.15. The predicted molar refractivity (Wildman–Crippen MR) is 77.3 cm³/mol. The lowest BCUT2D eigenvalue weighted by Gasteiger charge is -2.02. The van der Waals surface area contributed by atoms with E-state index in [4.69, 9.17) is 0 Å². The van der Waals surface area contributed by atoms with Gasteiger partial charge in [-0.3, -0.25) is 4.79 Å². The molecular weight excluding hydrogens is 277 g/mol. The maximum Gasteiger partial charge on any atom is 0.226 e. The molecule has 6 heteroatoms. The van der Waals surface area contributed by atoms with Crippen molar-refractivity contribution < 1.29 is 9.18 Å². The molecule has 0 aliphatic rings. The molecule has 1 N–H and O–H groups in total. The van der Waals surface area contributed by atoms with E-state index >= 15 is 0 Å². The van der Waals surface area contributed by atoms with Crippen molar-refractivity contribution in [1.82, 2.24) is 10.2 Å². The number of rotatable bonds is 5. The lowest BCUT2D eigenvalue weighted by atomic mass is 10.1. The maximum atomic E-state index is 12.7. The van der Waals surface area contributed by atoms with Crippen molar-refractivity contribution in [1.29, 1.82) is 0 Å². The van der Waals surface area contributed by atoms with Gasteiger partial charge in [0.05, 0.1) is 0 Å². The average Bonchev–Trinajstić information content (AvgIpc) is 2.87. The van der Waals surface area contributed by atoms with Gasteiger partial charge in [-0.05, 0) is 24.1 Å². The largest absolute Gasteiger partial charge is 0.301 e. The quantitative estimate of drug-likeness (QED) is 0.919. The van der Waals surface area contributed by atoms with Gasteiger partial charge in [0.2, 0.25) is 11.0 Å². The van der Waals surface area contributed by atoms with Gasteiger partial charge in [0.15, 0.2) is 0 Å². The number of amides is 1. The first-order chi connectivity index (χ1) is 9.54. The normalized spacial score (nSPS) is 10.8. The standard InChI is InChI=1S/C14H16FN3OS/c1-9(2)13-17-18-14(20-13)16-12(19)8-5-10-3-6-11(15)7-4-10/h3-4,6-7,9H,5,8H2,1-2H3,(H,16,18,19). The fraction of sp³-hybridized carbons (Fsp3) is 0.357. The Hall–Kier alpha value is -1.82. The molecule has 20 heavy (non-hydrogen) atoms. The van der Waals surface area contributed by atoms with E-state index < -0.39 is 0 Å². The molecule has 1 amide bonds. The minimum atomic E-state index is -0.270. The summed E-state index contributed by atoms with van der Waals surface area (Å²) in [6.45, 7) is 4.06. The number of carbonyl (C=O) groups excluding carboxylic acids is 1. The van der Waals surface area contributed by atoms with Crippen LogP contribution in [0.2, 0.25) is 0 Å². The number of aromatic nitrogens is 2. The van der Waals surface area contributed by atoms with Crippen molar-refractivity contribution >= 4 is 22.4 Å². The molecule has 1 aromatic carbocycles. The number of hydrogen-bond donors (Lipinski definition) is 1. The van der Waals surface area contributed by atoms with Gasteiger partial charge in [-0.2, -0.15) is 0 Å². The molecule has 0 aliphatic heterocycles. The second-order valence-corrected chi connectivity index (χ2v) is 5.78. The molecule has 0 saturated carbocycles. The highest BCUT2D eigenvalue weighted by Gasteiger charge is 2.10. The van der Waals surface area contributed by atoms with Crippen molar-refractivity contribution in [2.24, 2.45) is 0 Å². The van der Waals surface area contributed by atoms with Crippen LogP contribution in [0.15, 0.2) is 24.3 Å². The van der Waals surface area contributed by atoms with Crippen LogP contribution in [0.5, 0.6) is 0 Å². The first-order valence-corrected chi connectivity index (χ1v) is 7.24. The zero-order chi connectivity index (χ0) is 14.5. The number of nitrogens with zero attached hydrogens (tertiary/aromatic N) is 2. The minimum absolute atomic E-state index is 0.110. The fourth-order valence-electron chi connectivity index (χ4n) is 1.61. The number of nitrogens with one attached hydrogen (secondary N) is 1. The molecule has 0 radical (unpaired) electrons. The third-order valence-corrected chi connectivity index (χ3v) is 3.87. The van der Waals surface area contributed by atoms with Crippen molar-refractivity contribution in [3.8, 4) is 0 Å². The van der Waals surface area contributed by atoms with Crippen LogP contribution in [0.1, 0.15) is 36.8 Å². The fourth-order valence-corrected chi connectivity index (χ4v) is 2.37. The molecular formula is C14H16FN3OS. The van der Waals surface area contributed by atoms with Crippen LogP contribution in [0.25, 0.3) is 0 Å². The topological polar surface area (TPSA) is 54.9 Å². The Bertz CT molecular complexity index is 580. The van der Waals surface area contributed by atoms with Crippen molar-refractivity contribution in [3.63, 3.8) is 0 Å². The van der Waals surface area contributed by atoms with E-state index in [0.717, 1.165) is 10.6 Å². The SMILES string of the molecule is CC(C)c1nnc(NC(=O)CCc2ccc(F)cc2)s1. The molecule has 0 atom stereocenters.